The quantitative estimate of drug-likeness (QED) is 0.717. The van der Waals surface area contributed by atoms with Gasteiger partial charge in [0, 0.05) is 16.8 Å². The van der Waals surface area contributed by atoms with Crippen LogP contribution in [0.1, 0.15) is 23.6 Å². The Hall–Kier alpha value is -3.73. The molecule has 0 saturated heterocycles. The summed E-state index contributed by atoms with van der Waals surface area (Å²) in [6.45, 7) is 3.68. The highest BCUT2D eigenvalue weighted by Gasteiger charge is 2.30. The summed E-state index contributed by atoms with van der Waals surface area (Å²) in [4.78, 5) is 32.1. The number of hydrogen-bond acceptors (Lipinski definition) is 3. The first-order chi connectivity index (χ1) is 14.5. The van der Waals surface area contributed by atoms with Crippen molar-refractivity contribution < 1.29 is 9.59 Å². The minimum atomic E-state index is -0.597. The zero-order valence-corrected chi connectivity index (χ0v) is 17.0. The normalized spacial score (nSPS) is 15.8. The number of carbonyl (C=O) groups excluding carboxylic acids is 2. The molecular formula is C25H23N3O2. The number of carbonyl (C=O) groups is 2. The highest BCUT2D eigenvalue weighted by molar-refractivity contribution is 6.20. The average molecular weight is 397 g/mol. The van der Waals surface area contributed by atoms with E-state index in [0.29, 0.717) is 11.4 Å². The van der Waals surface area contributed by atoms with Crippen LogP contribution in [0.4, 0.5) is 11.4 Å². The third-order valence-corrected chi connectivity index (χ3v) is 5.08. The van der Waals surface area contributed by atoms with E-state index < -0.39 is 6.04 Å². The Balaban J connectivity index is 1.67. The molecule has 0 radical (unpaired) electrons. The Kier molecular flexibility index (Phi) is 5.44. The van der Waals surface area contributed by atoms with Crippen molar-refractivity contribution in [3.8, 4) is 0 Å². The molecule has 0 aromatic heterocycles. The molecule has 0 bridgehead atoms. The molecular weight excluding hydrogens is 374 g/mol. The van der Waals surface area contributed by atoms with Gasteiger partial charge in [-0.3, -0.25) is 14.6 Å². The number of rotatable bonds is 4. The lowest BCUT2D eigenvalue weighted by Crippen LogP contribution is -2.42. The molecule has 4 rings (SSSR count). The van der Waals surface area contributed by atoms with Crippen LogP contribution in [0.5, 0.6) is 0 Å². The fourth-order valence-corrected chi connectivity index (χ4v) is 3.54. The fraction of sp³-hybridized carbons (Fsp3) is 0.160. The van der Waals surface area contributed by atoms with Gasteiger partial charge in [0.2, 0.25) is 5.91 Å². The van der Waals surface area contributed by atoms with Crippen LogP contribution in [0.2, 0.25) is 0 Å². The van der Waals surface area contributed by atoms with Crippen LogP contribution < -0.4 is 10.2 Å². The molecule has 30 heavy (non-hydrogen) atoms. The number of hydrogen-bond donors (Lipinski definition) is 1. The third kappa shape index (κ3) is 4.01. The van der Waals surface area contributed by atoms with E-state index in [-0.39, 0.29) is 18.4 Å². The lowest BCUT2D eigenvalue weighted by atomic mass is 10.0. The van der Waals surface area contributed by atoms with Gasteiger partial charge >= 0.3 is 0 Å². The molecule has 1 aliphatic rings. The van der Waals surface area contributed by atoms with Crippen molar-refractivity contribution in [3.63, 3.8) is 0 Å². The molecule has 3 aromatic carbocycles. The molecule has 1 atom stereocenters. The molecule has 1 heterocycles. The van der Waals surface area contributed by atoms with Crippen molar-refractivity contribution in [2.24, 2.45) is 4.99 Å². The first kappa shape index (κ1) is 19.6. The van der Waals surface area contributed by atoms with Gasteiger partial charge in [-0.2, -0.15) is 0 Å². The second-order valence-electron chi connectivity index (χ2n) is 7.38. The van der Waals surface area contributed by atoms with Gasteiger partial charge in [-0.1, -0.05) is 66.2 Å². The molecule has 1 N–H and O–H groups in total. The van der Waals surface area contributed by atoms with Crippen molar-refractivity contribution in [2.45, 2.75) is 19.9 Å². The first-order valence-electron chi connectivity index (χ1n) is 9.93. The molecule has 0 fully saturated rings. The summed E-state index contributed by atoms with van der Waals surface area (Å²) >= 11 is 0. The molecule has 0 aliphatic carbocycles. The average Bonchev–Trinajstić information content (AvgIpc) is 2.86. The van der Waals surface area contributed by atoms with Crippen LogP contribution in [0.25, 0.3) is 0 Å². The number of nitrogens with zero attached hydrogens (tertiary/aromatic N) is 2. The van der Waals surface area contributed by atoms with Crippen LogP contribution in [-0.4, -0.2) is 30.1 Å². The van der Waals surface area contributed by atoms with Crippen molar-refractivity contribution in [3.05, 3.63) is 95.6 Å². The largest absolute Gasteiger partial charge is 0.325 e. The van der Waals surface area contributed by atoms with E-state index in [2.05, 4.69) is 5.32 Å². The first-order valence-corrected chi connectivity index (χ1v) is 9.93. The molecule has 150 valence electrons. The van der Waals surface area contributed by atoms with Gasteiger partial charge in [0.1, 0.15) is 12.6 Å². The van der Waals surface area contributed by atoms with Crippen molar-refractivity contribution in [1.29, 1.82) is 0 Å². The van der Waals surface area contributed by atoms with Gasteiger partial charge in [-0.15, -0.1) is 0 Å². The summed E-state index contributed by atoms with van der Waals surface area (Å²) in [5, 5.41) is 2.88. The minimum absolute atomic E-state index is 0.0777. The Morgan fingerprint density at radius 3 is 2.37 bits per heavy atom. The molecule has 2 amide bonds. The summed E-state index contributed by atoms with van der Waals surface area (Å²) in [6, 6.07) is 24.4. The predicted molar refractivity (Wildman–Crippen MR) is 120 cm³/mol. The van der Waals surface area contributed by atoms with Crippen LogP contribution in [0, 0.1) is 6.92 Å². The number of anilines is 2. The monoisotopic (exact) mass is 397 g/mol. The molecule has 5 heteroatoms. The maximum atomic E-state index is 13.2. The van der Waals surface area contributed by atoms with E-state index in [0.717, 1.165) is 22.4 Å². The van der Waals surface area contributed by atoms with E-state index in [1.54, 1.807) is 6.92 Å². The standard InChI is InChI=1S/C25H23N3O2/c1-17-12-14-20(15-13-17)27-23(29)16-28-22-11-7-6-10-21(22)24(26-18(2)25(28)30)19-8-4-3-5-9-19/h3-15,18H,16H2,1-2H3,(H,27,29)/t18-/m1/s1. The van der Waals surface area contributed by atoms with Crippen LogP contribution in [0.3, 0.4) is 0 Å². The van der Waals surface area contributed by atoms with Crippen LogP contribution in [-0.2, 0) is 9.59 Å². The maximum Gasteiger partial charge on any atom is 0.252 e. The molecule has 3 aromatic rings. The Bertz CT molecular complexity index is 1100. The number of aliphatic imine (C=N–C) groups is 1. The third-order valence-electron chi connectivity index (χ3n) is 5.08. The number of amides is 2. The number of benzene rings is 3. The van der Waals surface area contributed by atoms with Crippen LogP contribution >= 0.6 is 0 Å². The van der Waals surface area contributed by atoms with Crippen molar-refractivity contribution in [2.75, 3.05) is 16.8 Å². The fourth-order valence-electron chi connectivity index (χ4n) is 3.54. The summed E-state index contributed by atoms with van der Waals surface area (Å²) in [7, 11) is 0. The van der Waals surface area contributed by atoms with E-state index in [9.17, 15) is 9.59 Å². The van der Waals surface area contributed by atoms with E-state index in [4.69, 9.17) is 4.99 Å². The summed E-state index contributed by atoms with van der Waals surface area (Å²) < 4.78 is 0. The SMILES string of the molecule is Cc1ccc(NC(=O)CN2C(=O)[C@@H](C)N=C(c3ccccc3)c3ccccc32)cc1. The van der Waals surface area contributed by atoms with Gasteiger partial charge in [0.15, 0.2) is 0 Å². The minimum Gasteiger partial charge on any atom is -0.325 e. The number of aryl methyl sites for hydroxylation is 1. The highest BCUT2D eigenvalue weighted by atomic mass is 16.2. The second-order valence-corrected chi connectivity index (χ2v) is 7.38. The van der Waals surface area contributed by atoms with Crippen LogP contribution in [0.15, 0.2) is 83.9 Å². The van der Waals surface area contributed by atoms with Gasteiger partial charge in [0.25, 0.3) is 5.91 Å². The number of para-hydroxylation sites is 1. The van der Waals surface area contributed by atoms with Crippen molar-refractivity contribution >= 4 is 28.9 Å². The lowest BCUT2D eigenvalue weighted by molar-refractivity contribution is -0.122. The maximum absolute atomic E-state index is 13.2. The Morgan fingerprint density at radius 2 is 1.63 bits per heavy atom. The summed E-state index contributed by atoms with van der Waals surface area (Å²) in [5.41, 5.74) is 5.04. The zero-order valence-electron chi connectivity index (χ0n) is 17.0. The topological polar surface area (TPSA) is 61.8 Å². The number of benzodiazepines with no additional fused rings is 1. The van der Waals surface area contributed by atoms with Gasteiger partial charge in [0.05, 0.1) is 11.4 Å². The molecule has 0 unspecified atom stereocenters. The van der Waals surface area contributed by atoms with E-state index in [1.807, 2.05) is 85.8 Å². The second kappa shape index (κ2) is 8.33. The van der Waals surface area contributed by atoms with Gasteiger partial charge in [-0.25, -0.2) is 0 Å². The summed E-state index contributed by atoms with van der Waals surface area (Å²) in [6.07, 6.45) is 0. The van der Waals surface area contributed by atoms with E-state index in [1.165, 1.54) is 4.90 Å². The smallest absolute Gasteiger partial charge is 0.252 e. The Morgan fingerprint density at radius 1 is 0.967 bits per heavy atom. The Labute approximate surface area is 176 Å². The highest BCUT2D eigenvalue weighted by Crippen LogP contribution is 2.28. The van der Waals surface area contributed by atoms with Gasteiger partial charge in [-0.05, 0) is 32.0 Å². The molecule has 5 nitrogen and oxygen atoms in total. The molecule has 0 saturated carbocycles. The summed E-state index contributed by atoms with van der Waals surface area (Å²) in [5.74, 6) is -0.454. The van der Waals surface area contributed by atoms with Crippen molar-refractivity contribution in [1.82, 2.24) is 0 Å². The number of nitrogens with one attached hydrogen (secondary N) is 1. The van der Waals surface area contributed by atoms with Gasteiger partial charge < -0.3 is 10.2 Å². The lowest BCUT2D eigenvalue weighted by Gasteiger charge is -2.24. The zero-order chi connectivity index (χ0) is 21.1. The predicted octanol–water partition coefficient (Wildman–Crippen LogP) is 4.21. The van der Waals surface area contributed by atoms with E-state index >= 15 is 0 Å². The molecule has 1 aliphatic heterocycles. The number of fused-ring (bicyclic) bond motifs is 1. The molecule has 0 spiro atoms.